The third-order valence-electron chi connectivity index (χ3n) is 6.98. The molecule has 11 heteroatoms. The van der Waals surface area contributed by atoms with E-state index in [9.17, 15) is 25.2 Å². The van der Waals surface area contributed by atoms with Crippen LogP contribution in [0.4, 0.5) is 0 Å². The van der Waals surface area contributed by atoms with Crippen LogP contribution in [-0.2, 0) is 11.2 Å². The van der Waals surface area contributed by atoms with Crippen LogP contribution in [-0.4, -0.2) is 85.3 Å². The number of aryl methyl sites for hydroxylation is 1. The Morgan fingerprint density at radius 1 is 1.03 bits per heavy atom. The quantitative estimate of drug-likeness (QED) is 0.321. The van der Waals surface area contributed by atoms with Crippen LogP contribution < -0.4 is 25.0 Å². The number of nitrogens with one attached hydrogen (secondary N) is 1. The number of rotatable bonds is 7. The predicted octanol–water partition coefficient (Wildman–Crippen LogP) is 0.838. The summed E-state index contributed by atoms with van der Waals surface area (Å²) in [5.41, 5.74) is 2.88. The van der Waals surface area contributed by atoms with Crippen LogP contribution in [0.5, 0.6) is 17.2 Å². The lowest BCUT2D eigenvalue weighted by Crippen LogP contribution is -2.62. The molecule has 2 aliphatic rings. The molecule has 0 radical (unpaired) electrons. The smallest absolute Gasteiger partial charge is 0.203 e. The SMILES string of the molecule is COc1cc2c(c(OC)c1OC)-c1ccc(SC)c(=O)cc1[C@@H](N[C@@H]1O[C@H](CO)[C@@H](O)[C@H](O)[C@H]1O)CC2. The fourth-order valence-corrected chi connectivity index (χ4v) is 5.54. The van der Waals surface area contributed by atoms with Crippen LogP contribution in [0.2, 0.25) is 0 Å². The summed E-state index contributed by atoms with van der Waals surface area (Å²) in [6.45, 7) is -0.538. The summed E-state index contributed by atoms with van der Waals surface area (Å²) < 4.78 is 22.7. The molecule has 0 saturated carbocycles. The van der Waals surface area contributed by atoms with Crippen LogP contribution in [0.3, 0.4) is 0 Å². The minimum atomic E-state index is -1.52. The molecule has 5 N–H and O–H groups in total. The summed E-state index contributed by atoms with van der Waals surface area (Å²) in [6.07, 6.45) is -3.76. The summed E-state index contributed by atoms with van der Waals surface area (Å²) >= 11 is 1.34. The van der Waals surface area contributed by atoms with Crippen LogP contribution in [0.15, 0.2) is 34.0 Å². The number of ether oxygens (including phenoxy) is 4. The Morgan fingerprint density at radius 3 is 2.38 bits per heavy atom. The highest BCUT2D eigenvalue weighted by Crippen LogP contribution is 2.50. The third kappa shape index (κ3) is 5.05. The van der Waals surface area contributed by atoms with Crippen molar-refractivity contribution in [3.63, 3.8) is 0 Å². The van der Waals surface area contributed by atoms with E-state index in [-0.39, 0.29) is 5.43 Å². The summed E-state index contributed by atoms with van der Waals surface area (Å²) in [6, 6.07) is 6.58. The Hall–Kier alpha value is -2.38. The van der Waals surface area contributed by atoms with Gasteiger partial charge in [0.05, 0.1) is 32.8 Å². The Labute approximate surface area is 219 Å². The minimum absolute atomic E-state index is 0.169. The summed E-state index contributed by atoms with van der Waals surface area (Å²) in [4.78, 5) is 13.7. The zero-order valence-corrected chi connectivity index (χ0v) is 21.9. The van der Waals surface area contributed by atoms with Crippen LogP contribution >= 0.6 is 11.8 Å². The van der Waals surface area contributed by atoms with Gasteiger partial charge in [0, 0.05) is 11.6 Å². The monoisotopic (exact) mass is 535 g/mol. The van der Waals surface area contributed by atoms with Gasteiger partial charge in [0.25, 0.3) is 0 Å². The molecule has 0 spiro atoms. The summed E-state index contributed by atoms with van der Waals surface area (Å²) in [7, 11) is 4.62. The molecule has 0 unspecified atom stereocenters. The van der Waals surface area contributed by atoms with E-state index in [1.165, 1.54) is 18.9 Å². The summed E-state index contributed by atoms with van der Waals surface area (Å²) in [5, 5.41) is 44.0. The van der Waals surface area contributed by atoms with Crippen molar-refractivity contribution in [2.45, 2.75) is 54.4 Å². The molecule has 10 nitrogen and oxygen atoms in total. The molecule has 6 atom stereocenters. The Kier molecular flexibility index (Phi) is 8.64. The van der Waals surface area contributed by atoms with Gasteiger partial charge in [0.1, 0.15) is 30.6 Å². The van der Waals surface area contributed by atoms with Crippen molar-refractivity contribution < 1.29 is 39.4 Å². The molecule has 1 saturated heterocycles. The molecule has 202 valence electrons. The second kappa shape index (κ2) is 11.6. The van der Waals surface area contributed by atoms with Crippen molar-refractivity contribution in [3.8, 4) is 28.4 Å². The molecule has 0 amide bonds. The van der Waals surface area contributed by atoms with Gasteiger partial charge in [0.15, 0.2) is 16.9 Å². The zero-order chi connectivity index (χ0) is 26.9. The van der Waals surface area contributed by atoms with Gasteiger partial charge in [0.2, 0.25) is 5.75 Å². The molecule has 37 heavy (non-hydrogen) atoms. The van der Waals surface area contributed by atoms with E-state index in [1.807, 2.05) is 18.4 Å². The number of methoxy groups -OCH3 is 3. The maximum Gasteiger partial charge on any atom is 0.203 e. The fourth-order valence-electron chi connectivity index (χ4n) is 5.08. The number of aliphatic hydroxyl groups excluding tert-OH is 4. The number of benzene rings is 1. The first-order valence-corrected chi connectivity index (χ1v) is 13.1. The fraction of sp³-hybridized carbons (Fsp3) is 0.500. The Bertz CT molecular complexity index is 1190. The topological polar surface area (TPSA) is 147 Å². The van der Waals surface area contributed by atoms with Crippen molar-refractivity contribution in [1.29, 1.82) is 0 Å². The number of thioether (sulfide) groups is 1. The minimum Gasteiger partial charge on any atom is -0.493 e. The molecular formula is C26H33NO9S. The van der Waals surface area contributed by atoms with Crippen LogP contribution in [0.25, 0.3) is 11.1 Å². The van der Waals surface area contributed by atoms with E-state index >= 15 is 0 Å². The molecule has 0 bridgehead atoms. The van der Waals surface area contributed by atoms with Gasteiger partial charge >= 0.3 is 0 Å². The largest absolute Gasteiger partial charge is 0.493 e. The molecule has 1 aliphatic carbocycles. The number of hydrogen-bond acceptors (Lipinski definition) is 11. The highest BCUT2D eigenvalue weighted by molar-refractivity contribution is 7.98. The van der Waals surface area contributed by atoms with Crippen molar-refractivity contribution >= 4 is 11.8 Å². The van der Waals surface area contributed by atoms with Gasteiger partial charge in [-0.1, -0.05) is 6.07 Å². The maximum atomic E-state index is 13.1. The van der Waals surface area contributed by atoms with Crippen molar-refractivity contribution in [1.82, 2.24) is 5.32 Å². The Balaban J connectivity index is 1.89. The van der Waals surface area contributed by atoms with Crippen LogP contribution in [0.1, 0.15) is 23.6 Å². The molecule has 0 aromatic heterocycles. The lowest BCUT2D eigenvalue weighted by Gasteiger charge is -2.41. The molecule has 2 aromatic rings. The van der Waals surface area contributed by atoms with Crippen molar-refractivity contribution in [2.75, 3.05) is 34.2 Å². The lowest BCUT2D eigenvalue weighted by atomic mass is 9.94. The van der Waals surface area contributed by atoms with E-state index in [4.69, 9.17) is 18.9 Å². The van der Waals surface area contributed by atoms with Gasteiger partial charge in [-0.25, -0.2) is 0 Å². The van der Waals surface area contributed by atoms with Gasteiger partial charge < -0.3 is 39.4 Å². The molecular weight excluding hydrogens is 502 g/mol. The Morgan fingerprint density at radius 2 is 1.76 bits per heavy atom. The average molecular weight is 536 g/mol. The van der Waals surface area contributed by atoms with E-state index in [2.05, 4.69) is 5.32 Å². The van der Waals surface area contributed by atoms with Gasteiger partial charge in [-0.15, -0.1) is 11.8 Å². The normalized spacial score (nSPS) is 27.0. The molecule has 1 heterocycles. The third-order valence-corrected chi connectivity index (χ3v) is 7.76. The van der Waals surface area contributed by atoms with Crippen molar-refractivity contribution in [3.05, 3.63) is 45.6 Å². The number of aliphatic hydroxyl groups is 4. The average Bonchev–Trinajstić information content (AvgIpc) is 3.15. The van der Waals surface area contributed by atoms with Gasteiger partial charge in [-0.3, -0.25) is 10.1 Å². The number of fused-ring (bicyclic) bond motifs is 3. The first kappa shape index (κ1) is 27.6. The first-order valence-electron chi connectivity index (χ1n) is 11.9. The van der Waals surface area contributed by atoms with E-state index in [1.54, 1.807) is 26.4 Å². The van der Waals surface area contributed by atoms with E-state index in [0.717, 1.165) is 16.7 Å². The number of hydrogen-bond donors (Lipinski definition) is 5. The molecule has 2 aromatic carbocycles. The second-order valence-corrected chi connectivity index (χ2v) is 9.81. The molecule has 1 fully saturated rings. The van der Waals surface area contributed by atoms with Gasteiger partial charge in [-0.05, 0) is 54.0 Å². The van der Waals surface area contributed by atoms with Gasteiger partial charge in [-0.2, -0.15) is 0 Å². The van der Waals surface area contributed by atoms with Crippen molar-refractivity contribution in [2.24, 2.45) is 0 Å². The maximum absolute atomic E-state index is 13.1. The highest BCUT2D eigenvalue weighted by Gasteiger charge is 2.44. The summed E-state index contributed by atoms with van der Waals surface area (Å²) in [5.74, 6) is 1.40. The first-order chi connectivity index (χ1) is 17.8. The highest BCUT2D eigenvalue weighted by atomic mass is 32.2. The van der Waals surface area contributed by atoms with E-state index < -0.39 is 43.3 Å². The van der Waals surface area contributed by atoms with Crippen LogP contribution in [0, 0.1) is 0 Å². The standard InChI is InChI=1S/C26H33NO9S/c1-33-17-9-12-5-7-15(27-26-23(32)22(31)21(30)18(11-28)36-26)14-10-16(29)19(37-4)8-6-13(14)20(12)25(35-3)24(17)34-2/h6,8-10,15,18,21-23,26-28,30-32H,5,7,11H2,1-4H3/t15-,18+,21+,22-,23+,26+/m0/s1. The predicted molar refractivity (Wildman–Crippen MR) is 138 cm³/mol. The van der Waals surface area contributed by atoms with E-state index in [0.29, 0.717) is 40.5 Å². The molecule has 1 aliphatic heterocycles. The lowest BCUT2D eigenvalue weighted by molar-refractivity contribution is -0.238. The second-order valence-electron chi connectivity index (χ2n) is 8.97. The molecule has 4 rings (SSSR count). The zero-order valence-electron chi connectivity index (χ0n) is 21.1.